The molecule has 3 rings (SSSR count). The van der Waals surface area contributed by atoms with E-state index in [0.717, 1.165) is 26.8 Å². The molecule has 0 fully saturated rings. The number of nitrogens with one attached hydrogen (secondary N) is 1. The molecule has 0 bridgehead atoms. The van der Waals surface area contributed by atoms with Crippen molar-refractivity contribution in [1.29, 1.82) is 0 Å². The van der Waals surface area contributed by atoms with Crippen molar-refractivity contribution in [3.63, 3.8) is 0 Å². The fourth-order valence-electron chi connectivity index (χ4n) is 2.29. The van der Waals surface area contributed by atoms with E-state index in [4.69, 9.17) is 4.98 Å². The molecule has 1 atom stereocenters. The Balaban J connectivity index is 2.17. The van der Waals surface area contributed by atoms with Gasteiger partial charge in [-0.1, -0.05) is 23.4 Å². The Morgan fingerprint density at radius 3 is 2.80 bits per heavy atom. The molecule has 2 heterocycles. The molecule has 0 saturated carbocycles. The Labute approximate surface area is 125 Å². The van der Waals surface area contributed by atoms with Crippen molar-refractivity contribution < 1.29 is 0 Å². The SMILES string of the molecule is CNC(c1nc2ccccc2cc1Br)c1cnnn1C. The number of pyridine rings is 1. The first-order valence-corrected chi connectivity index (χ1v) is 7.07. The standard InChI is InChI=1S/C14H14BrN5/c1-16-14(12-8-17-19-20(12)2)13-10(15)7-9-5-3-4-6-11(9)18-13/h3-8,14,16H,1-2H3. The van der Waals surface area contributed by atoms with Crippen LogP contribution in [-0.4, -0.2) is 27.0 Å². The van der Waals surface area contributed by atoms with Crippen LogP contribution in [0.1, 0.15) is 17.4 Å². The topological polar surface area (TPSA) is 55.6 Å². The highest BCUT2D eigenvalue weighted by molar-refractivity contribution is 9.10. The summed E-state index contributed by atoms with van der Waals surface area (Å²) < 4.78 is 2.72. The van der Waals surface area contributed by atoms with Gasteiger partial charge in [-0.2, -0.15) is 0 Å². The lowest BCUT2D eigenvalue weighted by molar-refractivity contribution is 0.587. The van der Waals surface area contributed by atoms with E-state index in [0.29, 0.717) is 0 Å². The van der Waals surface area contributed by atoms with Gasteiger partial charge in [-0.3, -0.25) is 4.68 Å². The highest BCUT2D eigenvalue weighted by Gasteiger charge is 2.20. The van der Waals surface area contributed by atoms with Crippen LogP contribution in [0.15, 0.2) is 41.0 Å². The van der Waals surface area contributed by atoms with Crippen molar-refractivity contribution in [2.75, 3.05) is 7.05 Å². The molecule has 102 valence electrons. The van der Waals surface area contributed by atoms with E-state index < -0.39 is 0 Å². The predicted molar refractivity (Wildman–Crippen MR) is 81.3 cm³/mol. The number of halogens is 1. The number of rotatable bonds is 3. The van der Waals surface area contributed by atoms with Crippen molar-refractivity contribution in [2.24, 2.45) is 7.05 Å². The fraction of sp³-hybridized carbons (Fsp3) is 0.214. The zero-order valence-electron chi connectivity index (χ0n) is 11.2. The molecule has 6 heteroatoms. The molecule has 20 heavy (non-hydrogen) atoms. The Morgan fingerprint density at radius 1 is 1.30 bits per heavy atom. The lowest BCUT2D eigenvalue weighted by atomic mass is 10.1. The first-order chi connectivity index (χ1) is 9.70. The summed E-state index contributed by atoms with van der Waals surface area (Å²) in [6.45, 7) is 0. The van der Waals surface area contributed by atoms with Gasteiger partial charge in [0.15, 0.2) is 0 Å². The van der Waals surface area contributed by atoms with Crippen molar-refractivity contribution >= 4 is 26.8 Å². The summed E-state index contributed by atoms with van der Waals surface area (Å²) in [5, 5.41) is 12.3. The van der Waals surface area contributed by atoms with Crippen LogP contribution in [0.5, 0.6) is 0 Å². The molecule has 0 aliphatic rings. The summed E-state index contributed by atoms with van der Waals surface area (Å²) in [5.41, 5.74) is 2.87. The van der Waals surface area contributed by atoms with Gasteiger partial charge in [0.25, 0.3) is 0 Å². The van der Waals surface area contributed by atoms with Crippen LogP contribution in [0.4, 0.5) is 0 Å². The monoisotopic (exact) mass is 331 g/mol. The molecule has 0 aliphatic carbocycles. The minimum Gasteiger partial charge on any atom is -0.307 e. The zero-order valence-corrected chi connectivity index (χ0v) is 12.8. The van der Waals surface area contributed by atoms with E-state index in [1.54, 1.807) is 10.9 Å². The van der Waals surface area contributed by atoms with E-state index in [1.807, 2.05) is 32.3 Å². The molecule has 0 amide bonds. The minimum atomic E-state index is -0.0611. The van der Waals surface area contributed by atoms with Crippen LogP contribution in [-0.2, 0) is 7.05 Å². The van der Waals surface area contributed by atoms with Gasteiger partial charge in [0.1, 0.15) is 0 Å². The fourth-order valence-corrected chi connectivity index (χ4v) is 2.86. The summed E-state index contributed by atoms with van der Waals surface area (Å²) in [6.07, 6.45) is 1.75. The molecular formula is C14H14BrN5. The third-order valence-electron chi connectivity index (χ3n) is 3.31. The smallest absolute Gasteiger partial charge is 0.0947 e. The van der Waals surface area contributed by atoms with Crippen LogP contribution in [0.3, 0.4) is 0 Å². The van der Waals surface area contributed by atoms with Crippen LogP contribution < -0.4 is 5.32 Å². The van der Waals surface area contributed by atoms with Crippen LogP contribution in [0.2, 0.25) is 0 Å². The average Bonchev–Trinajstić information content (AvgIpc) is 2.87. The Kier molecular flexibility index (Phi) is 3.50. The van der Waals surface area contributed by atoms with Gasteiger partial charge in [-0.05, 0) is 35.1 Å². The maximum Gasteiger partial charge on any atom is 0.0947 e. The number of fused-ring (bicyclic) bond motifs is 1. The highest BCUT2D eigenvalue weighted by atomic mass is 79.9. The third-order valence-corrected chi connectivity index (χ3v) is 3.95. The van der Waals surface area contributed by atoms with E-state index in [1.165, 1.54) is 0 Å². The first-order valence-electron chi connectivity index (χ1n) is 6.27. The van der Waals surface area contributed by atoms with E-state index in [2.05, 4.69) is 43.7 Å². The Hall–Kier alpha value is -1.79. The zero-order chi connectivity index (χ0) is 14.1. The molecule has 2 aromatic heterocycles. The number of aromatic nitrogens is 4. The molecule has 5 nitrogen and oxygen atoms in total. The van der Waals surface area contributed by atoms with Crippen LogP contribution >= 0.6 is 15.9 Å². The number of hydrogen-bond acceptors (Lipinski definition) is 4. The molecule has 0 spiro atoms. The van der Waals surface area contributed by atoms with Crippen molar-refractivity contribution in [3.8, 4) is 0 Å². The molecule has 0 aliphatic heterocycles. The number of aryl methyl sites for hydroxylation is 1. The maximum absolute atomic E-state index is 4.76. The molecular weight excluding hydrogens is 318 g/mol. The summed E-state index contributed by atoms with van der Waals surface area (Å²) in [6, 6.07) is 10.1. The van der Waals surface area contributed by atoms with Gasteiger partial charge in [-0.25, -0.2) is 4.98 Å². The molecule has 0 radical (unpaired) electrons. The number of nitrogens with zero attached hydrogens (tertiary/aromatic N) is 4. The molecule has 1 aromatic carbocycles. The second kappa shape index (κ2) is 5.30. The highest BCUT2D eigenvalue weighted by Crippen LogP contribution is 2.29. The quantitative estimate of drug-likeness (QED) is 0.800. The van der Waals surface area contributed by atoms with Gasteiger partial charge in [-0.15, -0.1) is 5.10 Å². The Bertz CT molecular complexity index is 752. The van der Waals surface area contributed by atoms with Crippen molar-refractivity contribution in [2.45, 2.75) is 6.04 Å². The summed E-state index contributed by atoms with van der Waals surface area (Å²) in [7, 11) is 3.78. The second-order valence-electron chi connectivity index (χ2n) is 4.55. The van der Waals surface area contributed by atoms with Crippen molar-refractivity contribution in [1.82, 2.24) is 25.3 Å². The van der Waals surface area contributed by atoms with Crippen LogP contribution in [0.25, 0.3) is 10.9 Å². The number of para-hydroxylation sites is 1. The minimum absolute atomic E-state index is 0.0611. The van der Waals surface area contributed by atoms with E-state index in [-0.39, 0.29) is 6.04 Å². The normalized spacial score (nSPS) is 12.8. The molecule has 1 unspecified atom stereocenters. The Morgan fingerprint density at radius 2 is 2.10 bits per heavy atom. The lowest BCUT2D eigenvalue weighted by Crippen LogP contribution is -2.22. The van der Waals surface area contributed by atoms with E-state index >= 15 is 0 Å². The third kappa shape index (κ3) is 2.21. The molecule has 1 N–H and O–H groups in total. The largest absolute Gasteiger partial charge is 0.307 e. The summed E-state index contributed by atoms with van der Waals surface area (Å²) in [4.78, 5) is 4.76. The predicted octanol–water partition coefficient (Wildman–Crippen LogP) is 2.43. The van der Waals surface area contributed by atoms with Gasteiger partial charge in [0.05, 0.1) is 29.1 Å². The number of hydrogen-bond donors (Lipinski definition) is 1. The summed E-state index contributed by atoms with van der Waals surface area (Å²) in [5.74, 6) is 0. The van der Waals surface area contributed by atoms with Gasteiger partial charge in [0, 0.05) is 16.9 Å². The average molecular weight is 332 g/mol. The summed E-state index contributed by atoms with van der Waals surface area (Å²) >= 11 is 3.62. The van der Waals surface area contributed by atoms with Crippen molar-refractivity contribution in [3.05, 3.63) is 52.4 Å². The number of benzene rings is 1. The van der Waals surface area contributed by atoms with Gasteiger partial charge >= 0.3 is 0 Å². The van der Waals surface area contributed by atoms with Crippen LogP contribution in [0, 0.1) is 0 Å². The molecule has 0 saturated heterocycles. The van der Waals surface area contributed by atoms with Gasteiger partial charge < -0.3 is 5.32 Å². The van der Waals surface area contributed by atoms with Gasteiger partial charge in [0.2, 0.25) is 0 Å². The lowest BCUT2D eigenvalue weighted by Gasteiger charge is -2.17. The van der Waals surface area contributed by atoms with E-state index in [9.17, 15) is 0 Å². The maximum atomic E-state index is 4.76. The molecule has 3 aromatic rings. The second-order valence-corrected chi connectivity index (χ2v) is 5.41. The first kappa shape index (κ1) is 13.2.